The van der Waals surface area contributed by atoms with E-state index in [0.29, 0.717) is 5.69 Å². The van der Waals surface area contributed by atoms with E-state index in [0.717, 1.165) is 0 Å². The summed E-state index contributed by atoms with van der Waals surface area (Å²) in [5.74, 6) is 0. The molecule has 0 aliphatic carbocycles. The maximum absolute atomic E-state index is 10.4. The third-order valence-electron chi connectivity index (χ3n) is 1.34. The normalized spacial score (nSPS) is 10.4. The van der Waals surface area contributed by atoms with Gasteiger partial charge in [0.1, 0.15) is 5.69 Å². The Balaban J connectivity index is 3.17. The quantitative estimate of drug-likeness (QED) is 0.496. The van der Waals surface area contributed by atoms with E-state index in [1.165, 1.54) is 12.3 Å². The van der Waals surface area contributed by atoms with Gasteiger partial charge in [0.2, 0.25) is 0 Å². The van der Waals surface area contributed by atoms with Gasteiger partial charge in [0.25, 0.3) is 5.69 Å². The van der Waals surface area contributed by atoms with E-state index < -0.39 is 4.92 Å². The first-order valence-electron chi connectivity index (χ1n) is 3.48. The minimum atomic E-state index is -0.442. The van der Waals surface area contributed by atoms with E-state index in [1.807, 2.05) is 0 Å². The molecule has 62 valence electrons. The Hall–Kier alpha value is -1.71. The molecule has 0 aliphatic rings. The molecule has 0 amide bonds. The molecule has 1 rings (SSSR count). The van der Waals surface area contributed by atoms with Crippen LogP contribution in [0.2, 0.25) is 0 Å². The molecule has 12 heavy (non-hydrogen) atoms. The molecule has 0 N–H and O–H groups in total. The molecular formula is C8H8N2O2. The van der Waals surface area contributed by atoms with Crippen molar-refractivity contribution >= 4 is 11.8 Å². The summed E-state index contributed by atoms with van der Waals surface area (Å²) in [7, 11) is 0. The highest BCUT2D eigenvalue weighted by molar-refractivity contribution is 5.55. The smallest absolute Gasteiger partial charge is 0.258 e. The second-order valence-electron chi connectivity index (χ2n) is 2.16. The molecule has 0 spiro atoms. The van der Waals surface area contributed by atoms with Gasteiger partial charge in [-0.3, -0.25) is 10.1 Å². The number of aromatic nitrogens is 1. The fourth-order valence-corrected chi connectivity index (χ4v) is 0.850. The zero-order valence-corrected chi connectivity index (χ0v) is 6.60. The Labute approximate surface area is 69.7 Å². The van der Waals surface area contributed by atoms with Crippen LogP contribution in [-0.2, 0) is 0 Å². The molecule has 0 bridgehead atoms. The molecule has 0 saturated heterocycles. The Morgan fingerprint density at radius 1 is 1.67 bits per heavy atom. The third kappa shape index (κ3) is 1.66. The second kappa shape index (κ2) is 3.61. The van der Waals surface area contributed by atoms with Crippen molar-refractivity contribution < 1.29 is 4.92 Å². The van der Waals surface area contributed by atoms with Gasteiger partial charge in [-0.05, 0) is 19.1 Å². The van der Waals surface area contributed by atoms with E-state index in [-0.39, 0.29) is 5.69 Å². The first-order valence-corrected chi connectivity index (χ1v) is 3.48. The highest BCUT2D eigenvalue weighted by Gasteiger charge is 2.09. The zero-order valence-electron chi connectivity index (χ0n) is 6.60. The van der Waals surface area contributed by atoms with Crippen LogP contribution >= 0.6 is 0 Å². The zero-order chi connectivity index (χ0) is 8.97. The van der Waals surface area contributed by atoms with Crippen LogP contribution in [0.5, 0.6) is 0 Å². The Morgan fingerprint density at radius 2 is 2.42 bits per heavy atom. The van der Waals surface area contributed by atoms with Crippen LogP contribution in [0.4, 0.5) is 5.69 Å². The largest absolute Gasteiger partial charge is 0.294 e. The maximum Gasteiger partial charge on any atom is 0.294 e. The van der Waals surface area contributed by atoms with Crippen LogP contribution in [0.1, 0.15) is 12.6 Å². The average Bonchev–Trinajstić information content (AvgIpc) is 2.05. The van der Waals surface area contributed by atoms with Crippen molar-refractivity contribution in [2.75, 3.05) is 0 Å². The number of pyridine rings is 1. The van der Waals surface area contributed by atoms with Gasteiger partial charge < -0.3 is 0 Å². The van der Waals surface area contributed by atoms with Crippen LogP contribution in [0.15, 0.2) is 24.4 Å². The molecule has 0 aromatic carbocycles. The predicted molar refractivity (Wildman–Crippen MR) is 45.6 cm³/mol. The average molecular weight is 164 g/mol. The van der Waals surface area contributed by atoms with E-state index in [2.05, 4.69) is 4.98 Å². The van der Waals surface area contributed by atoms with Crippen molar-refractivity contribution in [2.24, 2.45) is 0 Å². The highest BCUT2D eigenvalue weighted by Crippen LogP contribution is 2.15. The van der Waals surface area contributed by atoms with E-state index >= 15 is 0 Å². The maximum atomic E-state index is 10.4. The SMILES string of the molecule is C/C=C/c1ncccc1[N+](=O)[O-]. The lowest BCUT2D eigenvalue weighted by atomic mass is 10.3. The molecular weight excluding hydrogens is 156 g/mol. The molecule has 0 radical (unpaired) electrons. The Morgan fingerprint density at radius 3 is 3.00 bits per heavy atom. The summed E-state index contributed by atoms with van der Waals surface area (Å²) in [5, 5.41) is 10.4. The minimum absolute atomic E-state index is 0.0376. The molecule has 1 heterocycles. The number of allylic oxidation sites excluding steroid dienone is 1. The summed E-state index contributed by atoms with van der Waals surface area (Å²) >= 11 is 0. The molecule has 0 saturated carbocycles. The fourth-order valence-electron chi connectivity index (χ4n) is 0.850. The van der Waals surface area contributed by atoms with Gasteiger partial charge in [0.05, 0.1) is 4.92 Å². The first-order chi connectivity index (χ1) is 5.75. The van der Waals surface area contributed by atoms with E-state index in [9.17, 15) is 10.1 Å². The summed E-state index contributed by atoms with van der Waals surface area (Å²) in [4.78, 5) is 13.8. The molecule has 4 heteroatoms. The van der Waals surface area contributed by atoms with Gasteiger partial charge in [-0.25, -0.2) is 4.98 Å². The molecule has 4 nitrogen and oxygen atoms in total. The van der Waals surface area contributed by atoms with Crippen LogP contribution in [-0.4, -0.2) is 9.91 Å². The van der Waals surface area contributed by atoms with Gasteiger partial charge in [0, 0.05) is 12.3 Å². The summed E-state index contributed by atoms with van der Waals surface area (Å²) in [5.41, 5.74) is 0.431. The van der Waals surface area contributed by atoms with Crippen molar-refractivity contribution in [1.29, 1.82) is 0 Å². The molecule has 0 atom stereocenters. The number of rotatable bonds is 2. The van der Waals surface area contributed by atoms with E-state index in [1.54, 1.807) is 25.1 Å². The molecule has 0 aliphatic heterocycles. The minimum Gasteiger partial charge on any atom is -0.258 e. The summed E-state index contributed by atoms with van der Waals surface area (Å²) < 4.78 is 0. The van der Waals surface area contributed by atoms with Crippen LogP contribution in [0.3, 0.4) is 0 Å². The Bertz CT molecular complexity index is 321. The Kier molecular flexibility index (Phi) is 2.53. The highest BCUT2D eigenvalue weighted by atomic mass is 16.6. The van der Waals surface area contributed by atoms with Crippen molar-refractivity contribution in [1.82, 2.24) is 4.98 Å². The van der Waals surface area contributed by atoms with Crippen molar-refractivity contribution in [3.8, 4) is 0 Å². The van der Waals surface area contributed by atoms with Gasteiger partial charge in [0.15, 0.2) is 0 Å². The third-order valence-corrected chi connectivity index (χ3v) is 1.34. The van der Waals surface area contributed by atoms with Crippen molar-refractivity contribution in [3.63, 3.8) is 0 Å². The molecule has 1 aromatic rings. The predicted octanol–water partition coefficient (Wildman–Crippen LogP) is 2.02. The number of nitro groups is 1. The van der Waals surface area contributed by atoms with Gasteiger partial charge in [-0.15, -0.1) is 0 Å². The summed E-state index contributed by atoms with van der Waals surface area (Å²) in [6.07, 6.45) is 4.86. The van der Waals surface area contributed by atoms with Gasteiger partial charge in [-0.2, -0.15) is 0 Å². The topological polar surface area (TPSA) is 56.0 Å². The van der Waals surface area contributed by atoms with Crippen molar-refractivity contribution in [2.45, 2.75) is 6.92 Å². The standard InChI is InChI=1S/C8H8N2O2/c1-2-4-7-8(10(11)12)5-3-6-9-7/h2-6H,1H3/b4-2+. The first kappa shape index (κ1) is 8.39. The lowest BCUT2D eigenvalue weighted by Gasteiger charge is -1.93. The van der Waals surface area contributed by atoms with Gasteiger partial charge in [-0.1, -0.05) is 6.08 Å². The molecule has 0 fully saturated rings. The van der Waals surface area contributed by atoms with Crippen LogP contribution < -0.4 is 0 Å². The summed E-state index contributed by atoms with van der Waals surface area (Å²) in [6, 6.07) is 2.98. The van der Waals surface area contributed by atoms with Crippen molar-refractivity contribution in [3.05, 3.63) is 40.2 Å². The van der Waals surface area contributed by atoms with Crippen LogP contribution in [0, 0.1) is 10.1 Å². The summed E-state index contributed by atoms with van der Waals surface area (Å²) in [6.45, 7) is 1.79. The fraction of sp³-hybridized carbons (Fsp3) is 0.125. The number of hydrogen-bond acceptors (Lipinski definition) is 3. The van der Waals surface area contributed by atoms with Gasteiger partial charge >= 0.3 is 0 Å². The lowest BCUT2D eigenvalue weighted by Crippen LogP contribution is -1.92. The second-order valence-corrected chi connectivity index (χ2v) is 2.16. The van der Waals surface area contributed by atoms with E-state index in [4.69, 9.17) is 0 Å². The number of nitrogens with zero attached hydrogens (tertiary/aromatic N) is 2. The van der Waals surface area contributed by atoms with Crippen LogP contribution in [0.25, 0.3) is 6.08 Å². The lowest BCUT2D eigenvalue weighted by molar-refractivity contribution is -0.385. The molecule has 0 unspecified atom stereocenters. The number of hydrogen-bond donors (Lipinski definition) is 0. The monoisotopic (exact) mass is 164 g/mol. The molecule has 1 aromatic heterocycles.